The van der Waals surface area contributed by atoms with Crippen LogP contribution in [0.1, 0.15) is 39.3 Å². The second-order valence-corrected chi connectivity index (χ2v) is 5.76. The van der Waals surface area contributed by atoms with Crippen LogP contribution in [0, 0.1) is 0 Å². The first-order valence-electron chi connectivity index (χ1n) is 6.71. The summed E-state index contributed by atoms with van der Waals surface area (Å²) >= 11 is 0. The lowest BCUT2D eigenvalue weighted by Crippen LogP contribution is -2.27. The van der Waals surface area contributed by atoms with Crippen LogP contribution in [0.3, 0.4) is 0 Å². The number of hydrogen-bond acceptors (Lipinski definition) is 3. The molecular weight excluding hydrogens is 252 g/mol. The molecule has 1 aromatic heterocycles. The third-order valence-corrected chi connectivity index (χ3v) is 2.88. The average molecular weight is 272 g/mol. The molecule has 0 N–H and O–H groups in total. The lowest BCUT2D eigenvalue weighted by molar-refractivity contribution is -0.156. The van der Waals surface area contributed by atoms with Gasteiger partial charge in [-0.25, -0.2) is 4.68 Å². The van der Waals surface area contributed by atoms with Gasteiger partial charge in [0.15, 0.2) is 0 Å². The molecule has 1 heterocycles. The molecule has 0 fully saturated rings. The molecule has 0 saturated carbocycles. The summed E-state index contributed by atoms with van der Waals surface area (Å²) in [5, 5.41) is 4.30. The van der Waals surface area contributed by atoms with E-state index in [2.05, 4.69) is 5.10 Å². The minimum Gasteiger partial charge on any atom is -0.459 e. The van der Waals surface area contributed by atoms with Crippen molar-refractivity contribution in [3.8, 4) is 5.69 Å². The van der Waals surface area contributed by atoms with Gasteiger partial charge in [0.2, 0.25) is 0 Å². The highest BCUT2D eigenvalue weighted by Crippen LogP contribution is 2.22. The van der Waals surface area contributed by atoms with Crippen molar-refractivity contribution in [2.45, 2.75) is 39.2 Å². The standard InChI is InChI=1S/C16H20N2O2/c1-12(15(19)20-16(2,3)4)14-10-11-17-18(14)13-8-6-5-7-9-13/h5-12H,1-4H3. The summed E-state index contributed by atoms with van der Waals surface area (Å²) in [6.07, 6.45) is 1.70. The number of para-hydroxylation sites is 1. The Balaban J connectivity index is 2.26. The predicted molar refractivity (Wildman–Crippen MR) is 77.8 cm³/mol. The molecule has 2 aromatic rings. The van der Waals surface area contributed by atoms with Gasteiger partial charge < -0.3 is 4.74 Å². The Labute approximate surface area is 119 Å². The molecule has 1 unspecified atom stereocenters. The van der Waals surface area contributed by atoms with Crippen molar-refractivity contribution < 1.29 is 9.53 Å². The maximum atomic E-state index is 12.2. The normalized spacial score (nSPS) is 13.0. The minimum absolute atomic E-state index is 0.241. The van der Waals surface area contributed by atoms with Gasteiger partial charge in [0.05, 0.1) is 17.3 Å². The van der Waals surface area contributed by atoms with Gasteiger partial charge in [-0.05, 0) is 45.9 Å². The number of aromatic nitrogens is 2. The Hall–Kier alpha value is -2.10. The molecule has 2 rings (SSSR count). The van der Waals surface area contributed by atoms with Crippen molar-refractivity contribution in [1.82, 2.24) is 9.78 Å². The molecule has 1 aromatic carbocycles. The van der Waals surface area contributed by atoms with E-state index in [9.17, 15) is 4.79 Å². The molecule has 0 aliphatic heterocycles. The van der Waals surface area contributed by atoms with Crippen LogP contribution in [0.2, 0.25) is 0 Å². The van der Waals surface area contributed by atoms with E-state index in [-0.39, 0.29) is 11.9 Å². The van der Waals surface area contributed by atoms with E-state index in [1.165, 1.54) is 0 Å². The van der Waals surface area contributed by atoms with Gasteiger partial charge in [0.25, 0.3) is 0 Å². The zero-order valence-electron chi connectivity index (χ0n) is 12.3. The van der Waals surface area contributed by atoms with Crippen LogP contribution in [0.5, 0.6) is 0 Å². The van der Waals surface area contributed by atoms with Crippen molar-refractivity contribution in [2.24, 2.45) is 0 Å². The second-order valence-electron chi connectivity index (χ2n) is 5.76. The van der Waals surface area contributed by atoms with Crippen molar-refractivity contribution in [2.75, 3.05) is 0 Å². The van der Waals surface area contributed by atoms with Crippen molar-refractivity contribution >= 4 is 5.97 Å². The van der Waals surface area contributed by atoms with Gasteiger partial charge >= 0.3 is 5.97 Å². The monoisotopic (exact) mass is 272 g/mol. The summed E-state index contributed by atoms with van der Waals surface area (Å²) < 4.78 is 7.21. The molecule has 0 aliphatic rings. The third kappa shape index (κ3) is 3.26. The topological polar surface area (TPSA) is 44.1 Å². The van der Waals surface area contributed by atoms with Gasteiger partial charge in [-0.15, -0.1) is 0 Å². The van der Waals surface area contributed by atoms with E-state index in [1.807, 2.05) is 64.1 Å². The van der Waals surface area contributed by atoms with Gasteiger partial charge in [-0.1, -0.05) is 18.2 Å². The first kappa shape index (κ1) is 14.3. The SMILES string of the molecule is CC(C(=O)OC(C)(C)C)c1ccnn1-c1ccccc1. The number of carbonyl (C=O) groups excluding carboxylic acids is 1. The number of carbonyl (C=O) groups is 1. The first-order valence-corrected chi connectivity index (χ1v) is 6.71. The Bertz CT molecular complexity index is 582. The highest BCUT2D eigenvalue weighted by molar-refractivity contribution is 5.77. The first-order chi connectivity index (χ1) is 9.38. The lowest BCUT2D eigenvalue weighted by atomic mass is 10.1. The summed E-state index contributed by atoms with van der Waals surface area (Å²) in [6.45, 7) is 7.44. The molecule has 0 bridgehead atoms. The predicted octanol–water partition coefficient (Wildman–Crippen LogP) is 3.32. The zero-order valence-corrected chi connectivity index (χ0v) is 12.3. The Morgan fingerprint density at radius 2 is 1.85 bits per heavy atom. The van der Waals surface area contributed by atoms with Gasteiger partial charge in [-0.3, -0.25) is 4.79 Å². The highest BCUT2D eigenvalue weighted by Gasteiger charge is 2.25. The number of ether oxygens (including phenoxy) is 1. The molecule has 4 heteroatoms. The summed E-state index contributed by atoms with van der Waals surface area (Å²) in [5.74, 6) is -0.605. The van der Waals surface area contributed by atoms with Crippen molar-refractivity contribution in [3.63, 3.8) is 0 Å². The average Bonchev–Trinajstić information content (AvgIpc) is 2.86. The fraction of sp³-hybridized carbons (Fsp3) is 0.375. The molecule has 0 aliphatic carbocycles. The van der Waals surface area contributed by atoms with Crippen LogP contribution < -0.4 is 0 Å². The zero-order chi connectivity index (χ0) is 14.8. The Morgan fingerprint density at radius 3 is 2.45 bits per heavy atom. The third-order valence-electron chi connectivity index (χ3n) is 2.88. The second kappa shape index (κ2) is 5.49. The van der Waals surface area contributed by atoms with E-state index in [0.717, 1.165) is 11.4 Å². The lowest BCUT2D eigenvalue weighted by Gasteiger charge is -2.22. The van der Waals surface area contributed by atoms with Crippen LogP contribution >= 0.6 is 0 Å². The summed E-state index contributed by atoms with van der Waals surface area (Å²) in [6, 6.07) is 11.6. The molecule has 4 nitrogen and oxygen atoms in total. The minimum atomic E-state index is -0.483. The number of nitrogens with zero attached hydrogens (tertiary/aromatic N) is 2. The molecule has 0 saturated heterocycles. The summed E-state index contributed by atoms with van der Waals surface area (Å²) in [5.41, 5.74) is 1.27. The molecule has 0 amide bonds. The van der Waals surface area contributed by atoms with Gasteiger partial charge in [-0.2, -0.15) is 5.10 Å². The quantitative estimate of drug-likeness (QED) is 0.805. The van der Waals surface area contributed by atoms with E-state index in [1.54, 1.807) is 10.9 Å². The van der Waals surface area contributed by atoms with Crippen molar-refractivity contribution in [1.29, 1.82) is 0 Å². The fourth-order valence-corrected chi connectivity index (χ4v) is 1.94. The number of benzene rings is 1. The number of hydrogen-bond donors (Lipinski definition) is 0. The maximum absolute atomic E-state index is 12.2. The van der Waals surface area contributed by atoms with E-state index >= 15 is 0 Å². The van der Waals surface area contributed by atoms with Crippen LogP contribution in [0.15, 0.2) is 42.6 Å². The Morgan fingerprint density at radius 1 is 1.20 bits per heavy atom. The van der Waals surface area contributed by atoms with E-state index < -0.39 is 5.60 Å². The number of rotatable bonds is 3. The fourth-order valence-electron chi connectivity index (χ4n) is 1.94. The van der Waals surface area contributed by atoms with Crippen LogP contribution in [0.4, 0.5) is 0 Å². The van der Waals surface area contributed by atoms with E-state index in [4.69, 9.17) is 4.74 Å². The molecule has 0 radical (unpaired) electrons. The highest BCUT2D eigenvalue weighted by atomic mass is 16.6. The van der Waals surface area contributed by atoms with Crippen LogP contribution in [-0.4, -0.2) is 21.4 Å². The van der Waals surface area contributed by atoms with Gasteiger partial charge in [0.1, 0.15) is 5.60 Å². The van der Waals surface area contributed by atoms with E-state index in [0.29, 0.717) is 0 Å². The van der Waals surface area contributed by atoms with Crippen molar-refractivity contribution in [3.05, 3.63) is 48.3 Å². The number of esters is 1. The van der Waals surface area contributed by atoms with Crippen LogP contribution in [-0.2, 0) is 9.53 Å². The molecule has 1 atom stereocenters. The summed E-state index contributed by atoms with van der Waals surface area (Å²) in [7, 11) is 0. The smallest absolute Gasteiger partial charge is 0.315 e. The summed E-state index contributed by atoms with van der Waals surface area (Å²) in [4.78, 5) is 12.2. The molecular formula is C16H20N2O2. The Kier molecular flexibility index (Phi) is 3.93. The molecule has 106 valence electrons. The largest absolute Gasteiger partial charge is 0.459 e. The maximum Gasteiger partial charge on any atom is 0.315 e. The van der Waals surface area contributed by atoms with Gasteiger partial charge in [0, 0.05) is 6.20 Å². The molecule has 0 spiro atoms. The molecule has 20 heavy (non-hydrogen) atoms. The van der Waals surface area contributed by atoms with Crippen LogP contribution in [0.25, 0.3) is 5.69 Å².